The van der Waals surface area contributed by atoms with E-state index in [1.54, 1.807) is 12.1 Å². The van der Waals surface area contributed by atoms with Crippen LogP contribution < -0.4 is 5.32 Å². The molecule has 0 saturated heterocycles. The highest BCUT2D eigenvalue weighted by molar-refractivity contribution is 6.32. The zero-order valence-electron chi connectivity index (χ0n) is 10.5. The summed E-state index contributed by atoms with van der Waals surface area (Å²) in [5, 5.41) is 3.44. The first-order chi connectivity index (χ1) is 8.09. The Labute approximate surface area is 119 Å². The maximum atomic E-state index is 11.4. The molecular formula is C13H18Cl2N2O. The molecule has 100 valence electrons. The topological polar surface area (TPSA) is 32.3 Å². The van der Waals surface area contributed by atoms with Crippen molar-refractivity contribution in [3.63, 3.8) is 0 Å². The van der Waals surface area contributed by atoms with Gasteiger partial charge < -0.3 is 10.2 Å². The van der Waals surface area contributed by atoms with Crippen molar-refractivity contribution in [3.05, 3.63) is 40.9 Å². The molecule has 0 aliphatic carbocycles. The molecule has 0 aliphatic heterocycles. The highest BCUT2D eigenvalue weighted by atomic mass is 35.5. The lowest BCUT2D eigenvalue weighted by atomic mass is 10.2. The maximum Gasteiger partial charge on any atom is 0.244 e. The normalized spacial score (nSPS) is 10.4. The van der Waals surface area contributed by atoms with Gasteiger partial charge in [-0.1, -0.05) is 29.8 Å². The minimum Gasteiger partial charge on any atom is -0.351 e. The lowest BCUT2D eigenvalue weighted by molar-refractivity contribution is -0.116. The molecule has 0 aliphatic rings. The Bertz CT molecular complexity index is 406. The van der Waals surface area contributed by atoms with Gasteiger partial charge in [0, 0.05) is 24.2 Å². The Morgan fingerprint density at radius 2 is 2.06 bits per heavy atom. The third kappa shape index (κ3) is 6.64. The number of nitrogens with one attached hydrogen (secondary N) is 1. The van der Waals surface area contributed by atoms with Crippen LogP contribution in [0.3, 0.4) is 0 Å². The van der Waals surface area contributed by atoms with Crippen molar-refractivity contribution >= 4 is 36.0 Å². The summed E-state index contributed by atoms with van der Waals surface area (Å²) in [7, 11) is 3.93. The maximum absolute atomic E-state index is 11.4. The summed E-state index contributed by atoms with van der Waals surface area (Å²) in [5.41, 5.74) is 0.844. The molecule has 0 spiro atoms. The number of likely N-dealkylation sites (N-methyl/N-ethyl adjacent to an activating group) is 1. The van der Waals surface area contributed by atoms with E-state index in [1.165, 1.54) is 6.08 Å². The summed E-state index contributed by atoms with van der Waals surface area (Å²) < 4.78 is 0. The third-order valence-corrected chi connectivity index (χ3v) is 2.52. The molecule has 0 aromatic heterocycles. The van der Waals surface area contributed by atoms with Gasteiger partial charge in [-0.15, -0.1) is 12.4 Å². The smallest absolute Gasteiger partial charge is 0.244 e. The van der Waals surface area contributed by atoms with Gasteiger partial charge in [0.05, 0.1) is 0 Å². The molecule has 1 aromatic carbocycles. The van der Waals surface area contributed by atoms with Crippen LogP contribution in [0.25, 0.3) is 6.08 Å². The molecule has 1 aromatic rings. The van der Waals surface area contributed by atoms with Gasteiger partial charge in [0.25, 0.3) is 0 Å². The van der Waals surface area contributed by atoms with Crippen LogP contribution in [0.5, 0.6) is 0 Å². The number of nitrogens with zero attached hydrogens (tertiary/aromatic N) is 1. The minimum absolute atomic E-state index is 0. The minimum atomic E-state index is -0.105. The van der Waals surface area contributed by atoms with E-state index in [1.807, 2.05) is 37.2 Å². The molecule has 1 rings (SSSR count). The molecule has 0 bridgehead atoms. The van der Waals surface area contributed by atoms with E-state index in [0.717, 1.165) is 12.1 Å². The van der Waals surface area contributed by atoms with Gasteiger partial charge in [0.2, 0.25) is 5.91 Å². The Hall–Kier alpha value is -1.03. The van der Waals surface area contributed by atoms with E-state index in [9.17, 15) is 4.79 Å². The molecule has 0 fully saturated rings. The standard InChI is InChI=1S/C13H17ClN2O.ClH/c1-16(2)10-9-15-13(17)8-7-11-5-3-4-6-12(11)14;/h3-8H,9-10H2,1-2H3,(H,15,17);1H/b8-7+;. The highest BCUT2D eigenvalue weighted by Gasteiger charge is 1.97. The van der Waals surface area contributed by atoms with Crippen LogP contribution in [0.2, 0.25) is 5.02 Å². The summed E-state index contributed by atoms with van der Waals surface area (Å²) >= 11 is 5.96. The lowest BCUT2D eigenvalue weighted by Crippen LogP contribution is -2.30. The summed E-state index contributed by atoms with van der Waals surface area (Å²) in [6.07, 6.45) is 3.21. The molecule has 0 saturated carbocycles. The van der Waals surface area contributed by atoms with Crippen molar-refractivity contribution in [2.45, 2.75) is 0 Å². The first-order valence-corrected chi connectivity index (χ1v) is 5.82. The monoisotopic (exact) mass is 288 g/mol. The number of rotatable bonds is 5. The largest absolute Gasteiger partial charge is 0.351 e. The Kier molecular flexibility index (Phi) is 8.46. The van der Waals surface area contributed by atoms with Crippen LogP contribution in [-0.2, 0) is 4.79 Å². The third-order valence-electron chi connectivity index (χ3n) is 2.18. The van der Waals surface area contributed by atoms with Gasteiger partial charge in [0.1, 0.15) is 0 Å². The molecule has 1 N–H and O–H groups in total. The van der Waals surface area contributed by atoms with Crippen molar-refractivity contribution in [2.24, 2.45) is 0 Å². The lowest BCUT2D eigenvalue weighted by Gasteiger charge is -2.08. The molecule has 18 heavy (non-hydrogen) atoms. The molecule has 0 radical (unpaired) electrons. The van der Waals surface area contributed by atoms with Crippen molar-refractivity contribution in [2.75, 3.05) is 27.2 Å². The average molecular weight is 289 g/mol. The fourth-order valence-corrected chi connectivity index (χ4v) is 1.44. The average Bonchev–Trinajstić information content (AvgIpc) is 2.27. The van der Waals surface area contributed by atoms with E-state index < -0.39 is 0 Å². The molecular weight excluding hydrogens is 271 g/mol. The first-order valence-electron chi connectivity index (χ1n) is 5.45. The van der Waals surface area contributed by atoms with Gasteiger partial charge in [-0.05, 0) is 31.8 Å². The number of carbonyl (C=O) groups is 1. The number of amides is 1. The number of halogens is 2. The quantitative estimate of drug-likeness (QED) is 0.844. The van der Waals surface area contributed by atoms with Crippen LogP contribution >= 0.6 is 24.0 Å². The van der Waals surface area contributed by atoms with Crippen molar-refractivity contribution in [3.8, 4) is 0 Å². The van der Waals surface area contributed by atoms with Gasteiger partial charge >= 0.3 is 0 Å². The van der Waals surface area contributed by atoms with E-state index in [2.05, 4.69) is 5.32 Å². The second-order valence-corrected chi connectivity index (χ2v) is 4.36. The fraction of sp³-hybridized carbons (Fsp3) is 0.308. The number of hydrogen-bond donors (Lipinski definition) is 1. The van der Waals surface area contributed by atoms with E-state index in [-0.39, 0.29) is 18.3 Å². The Morgan fingerprint density at radius 3 is 2.67 bits per heavy atom. The highest BCUT2D eigenvalue weighted by Crippen LogP contribution is 2.15. The predicted octanol–water partition coefficient (Wildman–Crippen LogP) is 2.45. The summed E-state index contributed by atoms with van der Waals surface area (Å²) in [6, 6.07) is 7.41. The molecule has 1 amide bonds. The van der Waals surface area contributed by atoms with Gasteiger partial charge in [-0.25, -0.2) is 0 Å². The predicted molar refractivity (Wildman–Crippen MR) is 79.3 cm³/mol. The van der Waals surface area contributed by atoms with Gasteiger partial charge in [-0.3, -0.25) is 4.79 Å². The van der Waals surface area contributed by atoms with E-state index in [4.69, 9.17) is 11.6 Å². The zero-order valence-corrected chi connectivity index (χ0v) is 12.1. The van der Waals surface area contributed by atoms with Crippen molar-refractivity contribution in [1.29, 1.82) is 0 Å². The fourth-order valence-electron chi connectivity index (χ4n) is 1.24. The summed E-state index contributed by atoms with van der Waals surface area (Å²) in [5.74, 6) is -0.105. The zero-order chi connectivity index (χ0) is 12.7. The van der Waals surface area contributed by atoms with Crippen LogP contribution in [0.1, 0.15) is 5.56 Å². The van der Waals surface area contributed by atoms with Crippen molar-refractivity contribution in [1.82, 2.24) is 10.2 Å². The molecule has 0 unspecified atom stereocenters. The second kappa shape index (κ2) is 8.97. The molecule has 0 atom stereocenters. The SMILES string of the molecule is CN(C)CCNC(=O)/C=C/c1ccccc1Cl.Cl. The van der Waals surface area contributed by atoms with Crippen LogP contribution in [-0.4, -0.2) is 38.0 Å². The Balaban J connectivity index is 0.00000289. The van der Waals surface area contributed by atoms with Crippen LogP contribution in [0, 0.1) is 0 Å². The van der Waals surface area contributed by atoms with Crippen LogP contribution in [0.4, 0.5) is 0 Å². The molecule has 5 heteroatoms. The molecule has 0 heterocycles. The van der Waals surface area contributed by atoms with Crippen molar-refractivity contribution < 1.29 is 4.79 Å². The summed E-state index contributed by atoms with van der Waals surface area (Å²) in [6.45, 7) is 1.46. The summed E-state index contributed by atoms with van der Waals surface area (Å²) in [4.78, 5) is 13.5. The number of hydrogen-bond acceptors (Lipinski definition) is 2. The molecule has 3 nitrogen and oxygen atoms in total. The van der Waals surface area contributed by atoms with E-state index >= 15 is 0 Å². The van der Waals surface area contributed by atoms with Gasteiger partial charge in [0.15, 0.2) is 0 Å². The van der Waals surface area contributed by atoms with Crippen LogP contribution in [0.15, 0.2) is 30.3 Å². The van der Waals surface area contributed by atoms with E-state index in [0.29, 0.717) is 11.6 Å². The number of carbonyl (C=O) groups excluding carboxylic acids is 1. The second-order valence-electron chi connectivity index (χ2n) is 3.95. The Morgan fingerprint density at radius 1 is 1.39 bits per heavy atom. The number of benzene rings is 1. The first kappa shape index (κ1) is 17.0. The van der Waals surface area contributed by atoms with Gasteiger partial charge in [-0.2, -0.15) is 0 Å².